The van der Waals surface area contributed by atoms with Crippen LogP contribution in [0.2, 0.25) is 0 Å². The molecule has 0 atom stereocenters. The predicted molar refractivity (Wildman–Crippen MR) is 77.9 cm³/mol. The molecule has 0 aliphatic heterocycles. The summed E-state index contributed by atoms with van der Waals surface area (Å²) in [5.41, 5.74) is 6.09. The van der Waals surface area contributed by atoms with E-state index in [2.05, 4.69) is 24.3 Å². The summed E-state index contributed by atoms with van der Waals surface area (Å²) in [4.78, 5) is 14.3. The van der Waals surface area contributed by atoms with Crippen LogP contribution in [0.25, 0.3) is 0 Å². The zero-order valence-electron chi connectivity index (χ0n) is 12.5. The molecule has 3 N–H and O–H groups in total. The second kappa shape index (κ2) is 5.80. The van der Waals surface area contributed by atoms with Gasteiger partial charge >= 0.3 is 0 Å². The third kappa shape index (κ3) is 3.48. The van der Waals surface area contributed by atoms with Crippen LogP contribution >= 0.6 is 0 Å². The molecule has 2 aliphatic rings. The van der Waals surface area contributed by atoms with Crippen molar-refractivity contribution in [2.45, 2.75) is 68.9 Å². The van der Waals surface area contributed by atoms with Gasteiger partial charge in [-0.15, -0.1) is 0 Å². The molecule has 0 unspecified atom stereocenters. The van der Waals surface area contributed by atoms with Gasteiger partial charge in [0.1, 0.15) is 0 Å². The minimum Gasteiger partial charge on any atom is -0.354 e. The third-order valence-electron chi connectivity index (χ3n) is 5.21. The normalized spacial score (nSPS) is 24.8. The zero-order chi connectivity index (χ0) is 13.9. The molecular weight excluding hydrogens is 238 g/mol. The predicted octanol–water partition coefficient (Wildman–Crippen LogP) is 1.64. The molecule has 19 heavy (non-hydrogen) atoms. The molecule has 1 amide bonds. The summed E-state index contributed by atoms with van der Waals surface area (Å²) in [5.74, 6) is 0.133. The Morgan fingerprint density at radius 3 is 2.21 bits per heavy atom. The first-order valence-electron chi connectivity index (χ1n) is 7.69. The van der Waals surface area contributed by atoms with Crippen LogP contribution in [0.3, 0.4) is 0 Å². The summed E-state index contributed by atoms with van der Waals surface area (Å²) in [5, 5.41) is 3.14. The van der Waals surface area contributed by atoms with E-state index in [-0.39, 0.29) is 17.0 Å². The van der Waals surface area contributed by atoms with E-state index in [1.54, 1.807) is 0 Å². The monoisotopic (exact) mass is 267 g/mol. The molecule has 0 aromatic heterocycles. The Bertz CT molecular complexity index is 317. The Morgan fingerprint density at radius 2 is 1.74 bits per heavy atom. The molecule has 4 heteroatoms. The number of carbonyl (C=O) groups is 1. The van der Waals surface area contributed by atoms with Crippen molar-refractivity contribution in [2.75, 3.05) is 20.6 Å². The third-order valence-corrected chi connectivity index (χ3v) is 5.21. The number of rotatable bonds is 5. The summed E-state index contributed by atoms with van der Waals surface area (Å²) in [6, 6.07) is 0. The van der Waals surface area contributed by atoms with E-state index in [1.165, 1.54) is 38.5 Å². The first-order chi connectivity index (χ1) is 8.96. The number of nitrogens with zero attached hydrogens (tertiary/aromatic N) is 1. The standard InChI is InChI=1S/C15H29N3O/c1-18(2)15(9-4-3-5-10-15)12-17-13(19)11-14(16)7-6-8-14/h3-12,16H2,1-2H3,(H,17,19). The molecule has 0 spiro atoms. The Hall–Kier alpha value is -0.610. The van der Waals surface area contributed by atoms with Crippen molar-refractivity contribution in [1.29, 1.82) is 0 Å². The topological polar surface area (TPSA) is 58.4 Å². The van der Waals surface area contributed by atoms with Gasteiger partial charge in [0, 0.05) is 24.0 Å². The van der Waals surface area contributed by atoms with Crippen molar-refractivity contribution in [2.24, 2.45) is 5.73 Å². The Morgan fingerprint density at radius 1 is 1.11 bits per heavy atom. The lowest BCUT2D eigenvalue weighted by molar-refractivity contribution is -0.123. The van der Waals surface area contributed by atoms with Crippen LogP contribution in [0.5, 0.6) is 0 Å². The largest absolute Gasteiger partial charge is 0.354 e. The van der Waals surface area contributed by atoms with Crippen LogP contribution in [0.1, 0.15) is 57.8 Å². The Labute approximate surface area is 117 Å². The van der Waals surface area contributed by atoms with Crippen LogP contribution in [0.15, 0.2) is 0 Å². The molecular formula is C15H29N3O. The smallest absolute Gasteiger partial charge is 0.221 e. The molecule has 2 saturated carbocycles. The lowest BCUT2D eigenvalue weighted by Crippen LogP contribution is -2.55. The second-order valence-electron chi connectivity index (χ2n) is 6.85. The van der Waals surface area contributed by atoms with Crippen LogP contribution in [-0.2, 0) is 4.79 Å². The first-order valence-corrected chi connectivity index (χ1v) is 7.69. The van der Waals surface area contributed by atoms with Crippen LogP contribution < -0.4 is 11.1 Å². The molecule has 0 heterocycles. The summed E-state index contributed by atoms with van der Waals surface area (Å²) < 4.78 is 0. The molecule has 0 saturated heterocycles. The molecule has 2 fully saturated rings. The molecule has 2 rings (SSSR count). The lowest BCUT2D eigenvalue weighted by Gasteiger charge is -2.43. The van der Waals surface area contributed by atoms with Gasteiger partial charge in [-0.2, -0.15) is 0 Å². The Kier molecular flexibility index (Phi) is 4.51. The highest BCUT2D eigenvalue weighted by atomic mass is 16.1. The van der Waals surface area contributed by atoms with E-state index in [4.69, 9.17) is 5.73 Å². The van der Waals surface area contributed by atoms with Crippen molar-refractivity contribution >= 4 is 5.91 Å². The van der Waals surface area contributed by atoms with Gasteiger partial charge in [0.05, 0.1) is 0 Å². The van der Waals surface area contributed by atoms with Gasteiger partial charge in [0.25, 0.3) is 0 Å². The van der Waals surface area contributed by atoms with Gasteiger partial charge in [-0.25, -0.2) is 0 Å². The van der Waals surface area contributed by atoms with E-state index in [0.717, 1.165) is 19.4 Å². The van der Waals surface area contributed by atoms with Gasteiger partial charge in [-0.05, 0) is 46.2 Å². The quantitative estimate of drug-likeness (QED) is 0.796. The average molecular weight is 267 g/mol. The number of nitrogens with two attached hydrogens (primary N) is 1. The number of hydrogen-bond acceptors (Lipinski definition) is 3. The fourth-order valence-corrected chi connectivity index (χ4v) is 3.45. The summed E-state index contributed by atoms with van der Waals surface area (Å²) >= 11 is 0. The molecule has 2 aliphatic carbocycles. The van der Waals surface area contributed by atoms with E-state index in [1.807, 2.05) is 0 Å². The van der Waals surface area contributed by atoms with Crippen LogP contribution in [-0.4, -0.2) is 42.5 Å². The number of nitrogens with one attached hydrogen (secondary N) is 1. The van der Waals surface area contributed by atoms with E-state index >= 15 is 0 Å². The molecule has 0 radical (unpaired) electrons. The van der Waals surface area contributed by atoms with E-state index in [9.17, 15) is 4.79 Å². The highest BCUT2D eigenvalue weighted by Crippen LogP contribution is 2.33. The van der Waals surface area contributed by atoms with Crippen LogP contribution in [0, 0.1) is 0 Å². The fraction of sp³-hybridized carbons (Fsp3) is 0.933. The molecule has 4 nitrogen and oxygen atoms in total. The van der Waals surface area contributed by atoms with E-state index in [0.29, 0.717) is 6.42 Å². The van der Waals surface area contributed by atoms with Crippen molar-refractivity contribution in [3.63, 3.8) is 0 Å². The zero-order valence-corrected chi connectivity index (χ0v) is 12.5. The van der Waals surface area contributed by atoms with Gasteiger partial charge in [-0.1, -0.05) is 19.3 Å². The first kappa shape index (κ1) is 14.8. The molecule has 0 bridgehead atoms. The van der Waals surface area contributed by atoms with Crippen molar-refractivity contribution in [1.82, 2.24) is 10.2 Å². The highest BCUT2D eigenvalue weighted by molar-refractivity contribution is 5.77. The number of hydrogen-bond donors (Lipinski definition) is 2. The van der Waals surface area contributed by atoms with Gasteiger partial charge in [0.15, 0.2) is 0 Å². The highest BCUT2D eigenvalue weighted by Gasteiger charge is 2.37. The van der Waals surface area contributed by atoms with Crippen molar-refractivity contribution in [3.05, 3.63) is 0 Å². The number of amides is 1. The second-order valence-corrected chi connectivity index (χ2v) is 6.85. The fourth-order valence-electron chi connectivity index (χ4n) is 3.45. The van der Waals surface area contributed by atoms with E-state index < -0.39 is 0 Å². The molecule has 0 aromatic rings. The minimum atomic E-state index is -0.206. The maximum Gasteiger partial charge on any atom is 0.221 e. The van der Waals surface area contributed by atoms with Crippen molar-refractivity contribution in [3.8, 4) is 0 Å². The minimum absolute atomic E-state index is 0.133. The molecule has 0 aromatic carbocycles. The maximum absolute atomic E-state index is 12.0. The average Bonchev–Trinajstić information content (AvgIpc) is 2.35. The Balaban J connectivity index is 1.83. The summed E-state index contributed by atoms with van der Waals surface area (Å²) in [7, 11) is 4.27. The van der Waals surface area contributed by atoms with Gasteiger partial charge < -0.3 is 16.0 Å². The summed E-state index contributed by atoms with van der Waals surface area (Å²) in [6.45, 7) is 0.773. The molecule has 110 valence electrons. The van der Waals surface area contributed by atoms with Gasteiger partial charge in [-0.3, -0.25) is 4.79 Å². The SMILES string of the molecule is CN(C)C1(CNC(=O)CC2(N)CCC2)CCCCC1. The van der Waals surface area contributed by atoms with Gasteiger partial charge in [0.2, 0.25) is 5.91 Å². The maximum atomic E-state index is 12.0. The summed E-state index contributed by atoms with van der Waals surface area (Å²) in [6.07, 6.45) is 9.92. The van der Waals surface area contributed by atoms with Crippen molar-refractivity contribution < 1.29 is 4.79 Å². The number of likely N-dealkylation sites (N-methyl/N-ethyl adjacent to an activating group) is 1. The van der Waals surface area contributed by atoms with Crippen LogP contribution in [0.4, 0.5) is 0 Å². The lowest BCUT2D eigenvalue weighted by atomic mass is 9.75. The number of carbonyl (C=O) groups excluding carboxylic acids is 1.